The molecule has 0 saturated heterocycles. The lowest BCUT2D eigenvalue weighted by Crippen LogP contribution is -1.89. The molecule has 36 heavy (non-hydrogen) atoms. The lowest BCUT2D eigenvalue weighted by atomic mass is 9.86. The third kappa shape index (κ3) is 1.90. The van der Waals surface area contributed by atoms with Gasteiger partial charge in [0.25, 0.3) is 0 Å². The third-order valence-corrected chi connectivity index (χ3v) is 10.8. The van der Waals surface area contributed by atoms with E-state index in [9.17, 15) is 0 Å². The van der Waals surface area contributed by atoms with Gasteiger partial charge in [-0.1, -0.05) is 0 Å². The number of H-pyrrole nitrogens is 3. The maximum atomic E-state index is 3.59. The number of aromatic amines is 3. The first-order valence-corrected chi connectivity index (χ1v) is 14.6. The van der Waals surface area contributed by atoms with E-state index >= 15 is 0 Å². The van der Waals surface area contributed by atoms with Crippen LogP contribution in [-0.2, 0) is 0 Å². The molecule has 0 unspecified atom stereocenters. The minimum absolute atomic E-state index is 1.24. The van der Waals surface area contributed by atoms with Crippen molar-refractivity contribution in [2.45, 2.75) is 0 Å². The van der Waals surface area contributed by atoms with Gasteiger partial charge in [-0.2, -0.15) is 0 Å². The molecule has 168 valence electrons. The minimum Gasteiger partial charge on any atom is -0.360 e. The molecule has 6 aromatic heterocycles. The second kappa shape index (κ2) is 6.10. The number of nitrogens with one attached hydrogen (secondary N) is 3. The monoisotopic (exact) mass is 513 g/mol. The van der Waals surface area contributed by atoms with Gasteiger partial charge in [0.15, 0.2) is 0 Å². The first kappa shape index (κ1) is 18.4. The highest BCUT2D eigenvalue weighted by Crippen LogP contribution is 2.53. The number of hydrogen-bond donors (Lipinski definition) is 3. The highest BCUT2D eigenvalue weighted by molar-refractivity contribution is 7.19. The fraction of sp³-hybridized carbons (Fsp3) is 0. The number of fused-ring (bicyclic) bond motifs is 21. The first-order valence-electron chi connectivity index (χ1n) is 11.9. The number of hydrogen-bond acceptors (Lipinski definition) is 3. The number of benzene rings is 4. The van der Waals surface area contributed by atoms with Gasteiger partial charge in [-0.25, -0.2) is 0 Å². The molecule has 0 radical (unpaired) electrons. The van der Waals surface area contributed by atoms with Crippen molar-refractivity contribution in [1.82, 2.24) is 15.0 Å². The van der Waals surface area contributed by atoms with Crippen molar-refractivity contribution in [2.24, 2.45) is 0 Å². The standard InChI is InChI=1S/C30H15N3S3/c1-7-31-25-13(1)19-22(16-4-10-34-28(16)25)20-14-2-9-33-27(14)30-18(6-12-36-30)24(20)21-15-3-8-32-26(15)29-17(23(19)21)5-11-35-29/h1-12,31-33H. The predicted molar refractivity (Wildman–Crippen MR) is 161 cm³/mol. The number of aromatic nitrogens is 3. The molecule has 0 fully saturated rings. The van der Waals surface area contributed by atoms with Crippen molar-refractivity contribution in [1.29, 1.82) is 0 Å². The van der Waals surface area contributed by atoms with Crippen molar-refractivity contribution in [2.75, 3.05) is 0 Å². The summed E-state index contributed by atoms with van der Waals surface area (Å²) in [7, 11) is 0. The molecule has 0 aliphatic rings. The van der Waals surface area contributed by atoms with E-state index in [1.807, 2.05) is 34.0 Å². The zero-order chi connectivity index (χ0) is 23.1. The topological polar surface area (TPSA) is 47.4 Å². The van der Waals surface area contributed by atoms with Crippen molar-refractivity contribution >= 4 is 129 Å². The summed E-state index contributed by atoms with van der Waals surface area (Å²) in [5.41, 5.74) is 3.73. The zero-order valence-corrected chi connectivity index (χ0v) is 21.1. The van der Waals surface area contributed by atoms with Gasteiger partial charge in [-0.15, -0.1) is 34.0 Å². The Bertz CT molecular complexity index is 2050. The molecule has 0 amide bonds. The Morgan fingerprint density at radius 3 is 1.00 bits per heavy atom. The number of rotatable bonds is 0. The smallest absolute Gasteiger partial charge is 0.0641 e. The van der Waals surface area contributed by atoms with Crippen LogP contribution in [0.25, 0.3) is 95.3 Å². The zero-order valence-electron chi connectivity index (χ0n) is 18.7. The summed E-state index contributed by atoms with van der Waals surface area (Å²) in [4.78, 5) is 10.8. The molecule has 0 bridgehead atoms. The Labute approximate surface area is 214 Å². The summed E-state index contributed by atoms with van der Waals surface area (Å²) < 4.78 is 4.00. The molecule has 0 spiro atoms. The second-order valence-corrected chi connectivity index (χ2v) is 12.3. The van der Waals surface area contributed by atoms with E-state index in [1.54, 1.807) is 0 Å². The van der Waals surface area contributed by atoms with Gasteiger partial charge >= 0.3 is 0 Å². The molecule has 4 aromatic carbocycles. The minimum atomic E-state index is 1.24. The van der Waals surface area contributed by atoms with E-state index in [0.29, 0.717) is 0 Å². The summed E-state index contributed by atoms with van der Waals surface area (Å²) in [6, 6.07) is 13.8. The average Bonchev–Trinajstić information content (AvgIpc) is 3.73. The summed E-state index contributed by atoms with van der Waals surface area (Å²) in [5.74, 6) is 0. The summed E-state index contributed by atoms with van der Waals surface area (Å²) in [6.07, 6.45) is 6.31. The summed E-state index contributed by atoms with van der Waals surface area (Å²) in [6.45, 7) is 0. The van der Waals surface area contributed by atoms with Gasteiger partial charge < -0.3 is 15.0 Å². The van der Waals surface area contributed by atoms with Crippen LogP contribution in [0.1, 0.15) is 0 Å². The highest BCUT2D eigenvalue weighted by atomic mass is 32.1. The van der Waals surface area contributed by atoms with Crippen LogP contribution in [0.4, 0.5) is 0 Å². The van der Waals surface area contributed by atoms with Crippen LogP contribution in [-0.4, -0.2) is 15.0 Å². The van der Waals surface area contributed by atoms with Crippen molar-refractivity contribution in [3.8, 4) is 0 Å². The fourth-order valence-corrected chi connectivity index (χ4v) is 9.53. The summed E-state index contributed by atoms with van der Waals surface area (Å²) >= 11 is 5.50. The van der Waals surface area contributed by atoms with Gasteiger partial charge in [0, 0.05) is 83.2 Å². The Kier molecular flexibility index (Phi) is 3.12. The molecule has 3 N–H and O–H groups in total. The van der Waals surface area contributed by atoms with Gasteiger partial charge in [0.05, 0.1) is 30.6 Å². The molecule has 10 rings (SSSR count). The fourth-order valence-electron chi connectivity index (χ4n) is 6.76. The third-order valence-electron chi connectivity index (χ3n) is 8.03. The van der Waals surface area contributed by atoms with Gasteiger partial charge in [0.1, 0.15) is 0 Å². The Hall–Kier alpha value is -3.84. The van der Waals surface area contributed by atoms with E-state index in [0.717, 1.165) is 0 Å². The van der Waals surface area contributed by atoms with Crippen LogP contribution in [0.3, 0.4) is 0 Å². The largest absolute Gasteiger partial charge is 0.360 e. The molecule has 0 saturated carbocycles. The van der Waals surface area contributed by atoms with Crippen LogP contribution in [0.5, 0.6) is 0 Å². The van der Waals surface area contributed by atoms with Crippen molar-refractivity contribution in [3.05, 3.63) is 71.1 Å². The van der Waals surface area contributed by atoms with E-state index in [-0.39, 0.29) is 0 Å². The normalized spacial score (nSPS) is 13.0. The van der Waals surface area contributed by atoms with E-state index in [1.165, 1.54) is 95.3 Å². The summed E-state index contributed by atoms with van der Waals surface area (Å²) in [5, 5.41) is 22.9. The molecule has 10 aromatic rings. The Morgan fingerprint density at radius 2 is 0.667 bits per heavy atom. The maximum Gasteiger partial charge on any atom is 0.0641 e. The molecular formula is C30H15N3S3. The van der Waals surface area contributed by atoms with Crippen LogP contribution in [0.2, 0.25) is 0 Å². The van der Waals surface area contributed by atoms with Crippen LogP contribution >= 0.6 is 34.0 Å². The van der Waals surface area contributed by atoms with Crippen LogP contribution in [0.15, 0.2) is 71.1 Å². The molecule has 0 aliphatic heterocycles. The van der Waals surface area contributed by atoms with Crippen LogP contribution in [0, 0.1) is 0 Å². The number of thiophene rings is 3. The predicted octanol–water partition coefficient (Wildman–Crippen LogP) is 10.2. The Balaban J connectivity index is 1.78. The lowest BCUT2D eigenvalue weighted by Gasteiger charge is -2.17. The van der Waals surface area contributed by atoms with Gasteiger partial charge in [-0.05, 0) is 52.5 Å². The molecule has 6 heterocycles. The van der Waals surface area contributed by atoms with Gasteiger partial charge in [-0.3, -0.25) is 0 Å². The van der Waals surface area contributed by atoms with E-state index in [4.69, 9.17) is 0 Å². The van der Waals surface area contributed by atoms with E-state index in [2.05, 4.69) is 86.1 Å². The maximum absolute atomic E-state index is 3.59. The molecule has 6 heteroatoms. The SMILES string of the molecule is c1cc2c([nH]1)c1sccc1c1c3c4cc[nH]c4c4sccc4c3c3c4cc[nH]c4c4sccc4c3c21. The first-order chi connectivity index (χ1) is 17.9. The molecule has 0 atom stereocenters. The lowest BCUT2D eigenvalue weighted by molar-refractivity contribution is 1.50. The van der Waals surface area contributed by atoms with Crippen molar-refractivity contribution in [3.63, 3.8) is 0 Å². The highest BCUT2D eigenvalue weighted by Gasteiger charge is 2.24. The van der Waals surface area contributed by atoms with E-state index < -0.39 is 0 Å². The quantitative estimate of drug-likeness (QED) is 0.169. The average molecular weight is 514 g/mol. The van der Waals surface area contributed by atoms with Gasteiger partial charge in [0.2, 0.25) is 0 Å². The van der Waals surface area contributed by atoms with Crippen molar-refractivity contribution < 1.29 is 0 Å². The Morgan fingerprint density at radius 1 is 0.361 bits per heavy atom. The molecule has 3 nitrogen and oxygen atoms in total. The molecule has 0 aliphatic carbocycles. The molecular weight excluding hydrogens is 499 g/mol. The second-order valence-electron chi connectivity index (χ2n) is 9.54. The van der Waals surface area contributed by atoms with Crippen LogP contribution < -0.4 is 0 Å².